The number of piperidine rings is 1. The van der Waals surface area contributed by atoms with Gasteiger partial charge >= 0.3 is 0 Å². The molecule has 35 heavy (non-hydrogen) atoms. The highest BCUT2D eigenvalue weighted by Gasteiger charge is 2.31. The topological polar surface area (TPSA) is 95.6 Å². The Morgan fingerprint density at radius 3 is 2.23 bits per heavy atom. The highest BCUT2D eigenvalue weighted by Crippen LogP contribution is 2.31. The highest BCUT2D eigenvalue weighted by molar-refractivity contribution is 7.89. The van der Waals surface area contributed by atoms with Crippen LogP contribution in [0.25, 0.3) is 0 Å². The number of nitrogens with one attached hydrogen (secondary N) is 2. The van der Waals surface area contributed by atoms with E-state index >= 15 is 0 Å². The Morgan fingerprint density at radius 2 is 1.63 bits per heavy atom. The molecular weight excluding hydrogens is 462 g/mol. The Balaban J connectivity index is 1.48. The molecule has 1 aliphatic carbocycles. The van der Waals surface area contributed by atoms with E-state index in [2.05, 4.69) is 17.6 Å². The third kappa shape index (κ3) is 5.76. The molecule has 2 fully saturated rings. The second-order valence-electron chi connectivity index (χ2n) is 10.1. The molecule has 1 heterocycles. The first kappa shape index (κ1) is 25.4. The van der Waals surface area contributed by atoms with E-state index < -0.39 is 10.0 Å². The van der Waals surface area contributed by atoms with Gasteiger partial charge in [0.2, 0.25) is 15.9 Å². The molecule has 1 atom stereocenters. The molecule has 4 rings (SSSR count). The van der Waals surface area contributed by atoms with E-state index in [1.807, 2.05) is 38.1 Å². The molecule has 1 saturated carbocycles. The maximum atomic E-state index is 13.4. The van der Waals surface area contributed by atoms with E-state index in [0.717, 1.165) is 42.5 Å². The Kier molecular flexibility index (Phi) is 7.33. The predicted molar refractivity (Wildman–Crippen MR) is 137 cm³/mol. The predicted octanol–water partition coefficient (Wildman–Crippen LogP) is 4.56. The summed E-state index contributed by atoms with van der Waals surface area (Å²) in [4.78, 5) is 25.3. The second kappa shape index (κ2) is 10.1. The Hall–Kier alpha value is -2.71. The van der Waals surface area contributed by atoms with Gasteiger partial charge in [0.1, 0.15) is 0 Å². The molecule has 2 amide bonds. The third-order valence-corrected chi connectivity index (χ3v) is 9.24. The Morgan fingerprint density at radius 1 is 1.00 bits per heavy atom. The molecule has 2 aromatic carbocycles. The van der Waals surface area contributed by atoms with Crippen LogP contribution < -0.4 is 10.6 Å². The van der Waals surface area contributed by atoms with Gasteiger partial charge in [-0.1, -0.05) is 19.1 Å². The normalized spacial score (nSPS) is 18.2. The van der Waals surface area contributed by atoms with Crippen LogP contribution in [0.3, 0.4) is 0 Å². The molecule has 2 aromatic rings. The molecular formula is C27H35N3O4S. The van der Waals surface area contributed by atoms with Crippen molar-refractivity contribution in [3.63, 3.8) is 0 Å². The number of anilines is 1. The molecule has 0 bridgehead atoms. The average molecular weight is 498 g/mol. The summed E-state index contributed by atoms with van der Waals surface area (Å²) >= 11 is 0. The fraction of sp³-hybridized carbons (Fsp3) is 0.481. The number of hydrogen-bond acceptors (Lipinski definition) is 4. The summed E-state index contributed by atoms with van der Waals surface area (Å²) in [5.41, 5.74) is 3.40. The molecule has 2 N–H and O–H groups in total. The fourth-order valence-electron chi connectivity index (χ4n) is 4.40. The van der Waals surface area contributed by atoms with Crippen molar-refractivity contribution in [3.05, 3.63) is 58.7 Å². The van der Waals surface area contributed by atoms with E-state index in [1.165, 1.54) is 6.07 Å². The zero-order chi connectivity index (χ0) is 25.3. The lowest BCUT2D eigenvalue weighted by atomic mass is 10.0. The van der Waals surface area contributed by atoms with Gasteiger partial charge in [-0.3, -0.25) is 9.59 Å². The zero-order valence-corrected chi connectivity index (χ0v) is 21.7. The van der Waals surface area contributed by atoms with Crippen LogP contribution in [0, 0.1) is 25.7 Å². The van der Waals surface area contributed by atoms with Crippen molar-refractivity contribution < 1.29 is 18.0 Å². The molecule has 2 aliphatic rings. The summed E-state index contributed by atoms with van der Waals surface area (Å²) in [6.07, 6.45) is 3.59. The number of nitrogens with zero attached hydrogens (tertiary/aromatic N) is 1. The molecule has 0 spiro atoms. The molecule has 1 aliphatic heterocycles. The standard InChI is InChI=1S/C27H35N3O4S/c1-17-11-13-30(14-12-17)35(33,34)25-16-23(15-18(2)19(25)3)27(32)28-20(4)21-7-9-24(10-8-21)29-26(31)22-5-6-22/h7-10,15-17,20,22H,5-6,11-14H2,1-4H3,(H,28,32)(H,29,31). The van der Waals surface area contributed by atoms with Crippen molar-refractivity contribution in [1.82, 2.24) is 9.62 Å². The van der Waals surface area contributed by atoms with Crippen molar-refractivity contribution in [2.75, 3.05) is 18.4 Å². The van der Waals surface area contributed by atoms with E-state index in [-0.39, 0.29) is 28.7 Å². The van der Waals surface area contributed by atoms with E-state index in [4.69, 9.17) is 0 Å². The summed E-state index contributed by atoms with van der Waals surface area (Å²) < 4.78 is 28.4. The summed E-state index contributed by atoms with van der Waals surface area (Å²) in [6, 6.07) is 10.4. The monoisotopic (exact) mass is 497 g/mol. The number of carbonyl (C=O) groups excluding carboxylic acids is 2. The van der Waals surface area contributed by atoms with Crippen molar-refractivity contribution in [2.24, 2.45) is 11.8 Å². The van der Waals surface area contributed by atoms with E-state index in [1.54, 1.807) is 17.3 Å². The number of rotatable bonds is 7. The number of carbonyl (C=O) groups is 2. The lowest BCUT2D eigenvalue weighted by Crippen LogP contribution is -2.38. The highest BCUT2D eigenvalue weighted by atomic mass is 32.2. The van der Waals surface area contributed by atoms with Gasteiger partial charge in [-0.2, -0.15) is 4.31 Å². The summed E-state index contributed by atoms with van der Waals surface area (Å²) in [5.74, 6) is 0.388. The van der Waals surface area contributed by atoms with Gasteiger partial charge in [0, 0.05) is 30.3 Å². The van der Waals surface area contributed by atoms with Gasteiger partial charge in [-0.05, 0) is 93.3 Å². The average Bonchev–Trinajstić information content (AvgIpc) is 3.67. The minimum Gasteiger partial charge on any atom is -0.346 e. The van der Waals surface area contributed by atoms with Gasteiger partial charge in [-0.25, -0.2) is 8.42 Å². The van der Waals surface area contributed by atoms with Crippen LogP contribution in [0.2, 0.25) is 0 Å². The minimum atomic E-state index is -3.67. The maximum absolute atomic E-state index is 13.4. The molecule has 0 aromatic heterocycles. The second-order valence-corrected chi connectivity index (χ2v) is 12.0. The molecule has 7 nitrogen and oxygen atoms in total. The van der Waals surface area contributed by atoms with Gasteiger partial charge in [0.05, 0.1) is 10.9 Å². The van der Waals surface area contributed by atoms with Gasteiger partial charge in [0.25, 0.3) is 5.91 Å². The van der Waals surface area contributed by atoms with Gasteiger partial charge in [-0.15, -0.1) is 0 Å². The first-order valence-corrected chi connectivity index (χ1v) is 13.8. The number of benzene rings is 2. The molecule has 188 valence electrons. The SMILES string of the molecule is Cc1cc(C(=O)NC(C)c2ccc(NC(=O)C3CC3)cc2)cc(S(=O)(=O)N2CCC(C)CC2)c1C. The smallest absolute Gasteiger partial charge is 0.251 e. The van der Waals surface area contributed by atoms with Crippen molar-refractivity contribution >= 4 is 27.5 Å². The van der Waals surface area contributed by atoms with Gasteiger partial charge < -0.3 is 10.6 Å². The van der Waals surface area contributed by atoms with Crippen molar-refractivity contribution in [1.29, 1.82) is 0 Å². The van der Waals surface area contributed by atoms with E-state index in [0.29, 0.717) is 30.1 Å². The van der Waals surface area contributed by atoms with Crippen molar-refractivity contribution in [3.8, 4) is 0 Å². The van der Waals surface area contributed by atoms with Crippen LogP contribution >= 0.6 is 0 Å². The lowest BCUT2D eigenvalue weighted by molar-refractivity contribution is -0.117. The van der Waals surface area contributed by atoms with Crippen LogP contribution in [-0.4, -0.2) is 37.6 Å². The Bertz CT molecular complexity index is 1210. The van der Waals surface area contributed by atoms with Crippen LogP contribution in [0.5, 0.6) is 0 Å². The minimum absolute atomic E-state index is 0.0543. The number of amides is 2. The van der Waals surface area contributed by atoms with Crippen LogP contribution in [-0.2, 0) is 14.8 Å². The lowest BCUT2D eigenvalue weighted by Gasteiger charge is -2.30. The fourth-order valence-corrected chi connectivity index (χ4v) is 6.19. The molecule has 1 unspecified atom stereocenters. The summed E-state index contributed by atoms with van der Waals surface area (Å²) in [5, 5.41) is 5.89. The molecule has 8 heteroatoms. The van der Waals surface area contributed by atoms with Crippen molar-refractivity contribution in [2.45, 2.75) is 64.3 Å². The zero-order valence-electron chi connectivity index (χ0n) is 20.9. The Labute approximate surface area is 208 Å². The largest absolute Gasteiger partial charge is 0.346 e. The summed E-state index contributed by atoms with van der Waals surface area (Å²) in [6.45, 7) is 8.66. The van der Waals surface area contributed by atoms with E-state index in [9.17, 15) is 18.0 Å². The number of sulfonamides is 1. The van der Waals surface area contributed by atoms with Gasteiger partial charge in [0.15, 0.2) is 0 Å². The van der Waals surface area contributed by atoms with Crippen LogP contribution in [0.1, 0.15) is 72.6 Å². The number of hydrogen-bond donors (Lipinski definition) is 2. The maximum Gasteiger partial charge on any atom is 0.251 e. The number of aryl methyl sites for hydroxylation is 1. The molecule has 1 saturated heterocycles. The first-order chi connectivity index (χ1) is 16.6. The quantitative estimate of drug-likeness (QED) is 0.586. The summed E-state index contributed by atoms with van der Waals surface area (Å²) in [7, 11) is -3.67. The third-order valence-electron chi connectivity index (χ3n) is 7.22. The van der Waals surface area contributed by atoms with Crippen LogP contribution in [0.15, 0.2) is 41.3 Å². The molecule has 0 radical (unpaired) electrons. The van der Waals surface area contributed by atoms with Crippen LogP contribution in [0.4, 0.5) is 5.69 Å². The first-order valence-electron chi connectivity index (χ1n) is 12.4.